The molecule has 1 heterocycles. The number of rotatable bonds is 3. The predicted octanol–water partition coefficient (Wildman–Crippen LogP) is 1.62. The van der Waals surface area contributed by atoms with E-state index in [0.29, 0.717) is 16.1 Å². The molecule has 102 valence electrons. The van der Waals surface area contributed by atoms with E-state index >= 15 is 0 Å². The van der Waals surface area contributed by atoms with Gasteiger partial charge in [0.2, 0.25) is 0 Å². The number of pyridine rings is 1. The second kappa shape index (κ2) is 7.18. The third-order valence-electron chi connectivity index (χ3n) is 2.39. The molecule has 0 N–H and O–H groups in total. The van der Waals surface area contributed by atoms with Gasteiger partial charge in [0, 0.05) is 11.1 Å². The zero-order chi connectivity index (χ0) is 14.2. The molecule has 0 unspecified atom stereocenters. The van der Waals surface area contributed by atoms with Crippen molar-refractivity contribution in [1.29, 1.82) is 0 Å². The van der Waals surface area contributed by atoms with Crippen molar-refractivity contribution in [3.8, 4) is 5.75 Å². The summed E-state index contributed by atoms with van der Waals surface area (Å²) in [5.74, 6) is -0.0935. The van der Waals surface area contributed by atoms with E-state index in [1.807, 2.05) is 0 Å². The average Bonchev–Trinajstić information content (AvgIpc) is 2.26. The van der Waals surface area contributed by atoms with Crippen molar-refractivity contribution in [2.45, 2.75) is 6.92 Å². The van der Waals surface area contributed by atoms with Crippen LogP contribution in [0.4, 0.5) is 12.9 Å². The third kappa shape index (κ3) is 4.50. The molecule has 0 aliphatic rings. The number of ether oxygens (including phenoxy) is 1. The Hall–Kier alpha value is 0.501. The molecule has 20 heavy (non-hydrogen) atoms. The van der Waals surface area contributed by atoms with Crippen molar-refractivity contribution in [1.82, 2.24) is 4.98 Å². The standard InChI is InChI=1S/C11H8BCl2F3NO.K/c1-6-2-3-7-8(13)4-9(14)11(10(7)18-6)19-5-12(15,16)17;/h2-4H,5H2,1H3;/q-1;+1. The van der Waals surface area contributed by atoms with Crippen LogP contribution in [0.25, 0.3) is 10.9 Å². The van der Waals surface area contributed by atoms with Gasteiger partial charge in [-0.05, 0) is 25.1 Å². The Labute approximate surface area is 166 Å². The molecule has 0 aliphatic heterocycles. The zero-order valence-corrected chi connectivity index (χ0v) is 15.4. The average molecular weight is 348 g/mol. The summed E-state index contributed by atoms with van der Waals surface area (Å²) >= 11 is 11.9. The van der Waals surface area contributed by atoms with Crippen LogP contribution in [0.1, 0.15) is 5.69 Å². The molecule has 2 nitrogen and oxygen atoms in total. The van der Waals surface area contributed by atoms with Crippen molar-refractivity contribution >= 4 is 41.1 Å². The van der Waals surface area contributed by atoms with Crippen LogP contribution >= 0.6 is 23.2 Å². The minimum Gasteiger partial charge on any atom is -0.519 e. The molecule has 0 spiro atoms. The van der Waals surface area contributed by atoms with Crippen LogP contribution in [0, 0.1) is 6.92 Å². The normalized spacial score (nSPS) is 11.3. The Morgan fingerprint density at radius 2 is 1.85 bits per heavy atom. The van der Waals surface area contributed by atoms with E-state index in [4.69, 9.17) is 27.9 Å². The molecule has 0 atom stereocenters. The van der Waals surface area contributed by atoms with Gasteiger partial charge in [0.05, 0.1) is 16.6 Å². The maximum absolute atomic E-state index is 12.3. The van der Waals surface area contributed by atoms with Crippen LogP contribution in [0.2, 0.25) is 10.0 Å². The number of nitrogens with zero attached hydrogens (tertiary/aromatic N) is 1. The molecule has 9 heteroatoms. The third-order valence-corrected chi connectivity index (χ3v) is 2.99. The van der Waals surface area contributed by atoms with Crippen LogP contribution in [-0.4, -0.2) is 18.5 Å². The van der Waals surface area contributed by atoms with E-state index in [1.54, 1.807) is 19.1 Å². The van der Waals surface area contributed by atoms with Gasteiger partial charge in [-0.3, -0.25) is 0 Å². The number of fused-ring (bicyclic) bond motifs is 1. The minimum atomic E-state index is -5.06. The fourth-order valence-corrected chi connectivity index (χ4v) is 2.18. The molecule has 0 saturated carbocycles. The van der Waals surface area contributed by atoms with E-state index in [0.717, 1.165) is 0 Å². The fourth-order valence-electron chi connectivity index (χ4n) is 1.61. The first-order valence-corrected chi connectivity index (χ1v) is 6.12. The van der Waals surface area contributed by atoms with Crippen LogP contribution in [0.5, 0.6) is 5.75 Å². The summed E-state index contributed by atoms with van der Waals surface area (Å²) in [6.45, 7) is -4.72. The maximum atomic E-state index is 12.3. The Morgan fingerprint density at radius 3 is 2.45 bits per heavy atom. The molecular formula is C11H8BCl2F3KNO. The van der Waals surface area contributed by atoms with E-state index in [2.05, 4.69) is 4.98 Å². The fraction of sp³-hybridized carbons (Fsp3) is 0.182. The second-order valence-electron chi connectivity index (χ2n) is 4.04. The van der Waals surface area contributed by atoms with E-state index < -0.39 is 13.5 Å². The van der Waals surface area contributed by atoms with Crippen molar-refractivity contribution in [3.05, 3.63) is 33.9 Å². The largest absolute Gasteiger partial charge is 1.00 e. The van der Waals surface area contributed by atoms with Gasteiger partial charge in [0.1, 0.15) is 5.52 Å². The topological polar surface area (TPSA) is 22.1 Å². The van der Waals surface area contributed by atoms with E-state index in [-0.39, 0.29) is 67.7 Å². The number of halogens is 5. The summed E-state index contributed by atoms with van der Waals surface area (Å²) in [6, 6.07) is 4.72. The van der Waals surface area contributed by atoms with Gasteiger partial charge in [-0.25, -0.2) is 4.98 Å². The molecule has 0 amide bonds. The van der Waals surface area contributed by atoms with Gasteiger partial charge in [0.15, 0.2) is 5.75 Å². The second-order valence-corrected chi connectivity index (χ2v) is 4.85. The molecule has 0 bridgehead atoms. The molecule has 2 rings (SSSR count). The molecule has 0 aliphatic carbocycles. The summed E-state index contributed by atoms with van der Waals surface area (Å²) < 4.78 is 41.6. The van der Waals surface area contributed by atoms with Gasteiger partial charge in [0.25, 0.3) is 0 Å². The SMILES string of the molecule is Cc1ccc2c(Cl)cc(Cl)c(OC[B-](F)(F)F)c2n1.[K+]. The van der Waals surface area contributed by atoms with Gasteiger partial charge < -0.3 is 17.7 Å². The van der Waals surface area contributed by atoms with Gasteiger partial charge in [-0.15, -0.1) is 0 Å². The van der Waals surface area contributed by atoms with Crippen molar-refractivity contribution in [2.75, 3.05) is 6.51 Å². The van der Waals surface area contributed by atoms with Crippen LogP contribution in [0.15, 0.2) is 18.2 Å². The zero-order valence-electron chi connectivity index (χ0n) is 10.8. The quantitative estimate of drug-likeness (QED) is 0.787. The molecule has 1 aromatic carbocycles. The Kier molecular flexibility index (Phi) is 6.65. The maximum Gasteiger partial charge on any atom is 1.00 e. The van der Waals surface area contributed by atoms with Crippen LogP contribution < -0.4 is 56.1 Å². The number of aryl methyl sites for hydroxylation is 1. The van der Waals surface area contributed by atoms with Gasteiger partial charge in [-0.2, -0.15) is 0 Å². The summed E-state index contributed by atoms with van der Waals surface area (Å²) in [5, 5.41) is 0.828. The first kappa shape index (κ1) is 18.6. The first-order valence-electron chi connectivity index (χ1n) is 5.37. The molecular weight excluding hydrogens is 340 g/mol. The van der Waals surface area contributed by atoms with Gasteiger partial charge in [-0.1, -0.05) is 23.2 Å². The monoisotopic (exact) mass is 347 g/mol. The van der Waals surface area contributed by atoms with Gasteiger partial charge >= 0.3 is 58.4 Å². The van der Waals surface area contributed by atoms with Crippen LogP contribution in [0.3, 0.4) is 0 Å². The Balaban J connectivity index is 0.00000200. The molecule has 2 aromatic rings. The molecule has 1 aromatic heterocycles. The molecule has 0 saturated heterocycles. The summed E-state index contributed by atoms with van der Waals surface area (Å²) in [7, 11) is 0. The number of aromatic nitrogens is 1. The number of hydrogen-bond donors (Lipinski definition) is 0. The van der Waals surface area contributed by atoms with E-state index in [9.17, 15) is 12.9 Å². The van der Waals surface area contributed by atoms with Crippen molar-refractivity contribution in [2.24, 2.45) is 0 Å². The first-order chi connectivity index (χ1) is 8.78. The van der Waals surface area contributed by atoms with Crippen molar-refractivity contribution in [3.63, 3.8) is 0 Å². The molecule has 0 radical (unpaired) electrons. The summed E-state index contributed by atoms with van der Waals surface area (Å²) in [6.07, 6.45) is 0. The summed E-state index contributed by atoms with van der Waals surface area (Å²) in [5.41, 5.74) is 0.866. The minimum absolute atomic E-state index is 0. The van der Waals surface area contributed by atoms with Crippen LogP contribution in [-0.2, 0) is 0 Å². The van der Waals surface area contributed by atoms with E-state index in [1.165, 1.54) is 6.07 Å². The molecule has 0 fully saturated rings. The number of benzene rings is 1. The Bertz CT molecular complexity index is 639. The summed E-state index contributed by atoms with van der Waals surface area (Å²) in [4.78, 5) is 4.14. The van der Waals surface area contributed by atoms with Crippen molar-refractivity contribution < 1.29 is 69.1 Å². The predicted molar refractivity (Wildman–Crippen MR) is 71.1 cm³/mol. The Morgan fingerprint density at radius 1 is 1.20 bits per heavy atom. The smallest absolute Gasteiger partial charge is 0.519 e. The number of hydrogen-bond acceptors (Lipinski definition) is 2.